The SMILES string of the molecule is C=PCCCC. The molecule has 0 nitrogen and oxygen atoms in total. The zero-order valence-corrected chi connectivity index (χ0v) is 5.17. The summed E-state index contributed by atoms with van der Waals surface area (Å²) in [6, 6.07) is 0. The lowest BCUT2D eigenvalue weighted by Crippen LogP contribution is -1.66. The first-order valence-corrected chi connectivity index (χ1v) is 3.60. The maximum atomic E-state index is 3.70. The molecule has 0 aromatic rings. The van der Waals surface area contributed by atoms with Crippen LogP contribution in [0.4, 0.5) is 0 Å². The molecule has 0 atom stereocenters. The fourth-order valence-corrected chi connectivity index (χ4v) is 0.810. The van der Waals surface area contributed by atoms with Crippen LogP contribution in [-0.4, -0.2) is 12.5 Å². The highest BCUT2D eigenvalue weighted by atomic mass is 31.1. The Morgan fingerprint density at radius 3 is 2.50 bits per heavy atom. The quantitative estimate of drug-likeness (QED) is 0.378. The summed E-state index contributed by atoms with van der Waals surface area (Å²) in [6.45, 7) is 2.20. The van der Waals surface area contributed by atoms with Crippen molar-refractivity contribution in [1.29, 1.82) is 0 Å². The van der Waals surface area contributed by atoms with E-state index >= 15 is 0 Å². The molecule has 0 bridgehead atoms. The summed E-state index contributed by atoms with van der Waals surface area (Å²) >= 11 is 0. The summed E-state index contributed by atoms with van der Waals surface area (Å²) in [5.74, 6) is 0. The molecule has 0 aromatic heterocycles. The Balaban J connectivity index is 2.49. The molecule has 0 heterocycles. The fourth-order valence-electron chi connectivity index (χ4n) is 0.270. The van der Waals surface area contributed by atoms with E-state index in [0.29, 0.717) is 0 Å². The van der Waals surface area contributed by atoms with Crippen LogP contribution in [0.3, 0.4) is 0 Å². The zero-order chi connectivity index (χ0) is 4.83. The second kappa shape index (κ2) is 5.17. The molecule has 0 amide bonds. The maximum absolute atomic E-state index is 3.70. The number of unbranched alkanes of at least 4 members (excludes halogenated alkanes) is 1. The molecule has 1 heteroatoms. The van der Waals surface area contributed by atoms with Crippen LogP contribution in [0, 0.1) is 0 Å². The summed E-state index contributed by atoms with van der Waals surface area (Å²) in [7, 11) is 1.30. The van der Waals surface area contributed by atoms with Crippen LogP contribution in [0.25, 0.3) is 0 Å². The van der Waals surface area contributed by atoms with E-state index in [-0.39, 0.29) is 0 Å². The second-order valence-corrected chi connectivity index (χ2v) is 2.20. The first-order valence-electron chi connectivity index (χ1n) is 2.34. The summed E-state index contributed by atoms with van der Waals surface area (Å²) in [5, 5.41) is 0. The van der Waals surface area contributed by atoms with Gasteiger partial charge in [-0.3, -0.25) is 0 Å². The molecule has 0 unspecified atom stereocenters. The highest BCUT2D eigenvalue weighted by Gasteiger charge is 1.71. The third-order valence-electron chi connectivity index (χ3n) is 0.670. The van der Waals surface area contributed by atoms with Gasteiger partial charge in [0, 0.05) is 0 Å². The minimum absolute atomic E-state index is 1.27. The van der Waals surface area contributed by atoms with Gasteiger partial charge >= 0.3 is 0 Å². The van der Waals surface area contributed by atoms with E-state index in [0.717, 1.165) is 0 Å². The number of hydrogen-bond acceptors (Lipinski definition) is 0. The summed E-state index contributed by atoms with van der Waals surface area (Å²) in [5.41, 5.74) is 0. The van der Waals surface area contributed by atoms with E-state index in [1.54, 1.807) is 0 Å². The van der Waals surface area contributed by atoms with Crippen LogP contribution in [-0.2, 0) is 0 Å². The molecule has 0 saturated carbocycles. The van der Waals surface area contributed by atoms with Gasteiger partial charge < -0.3 is 0 Å². The lowest BCUT2D eigenvalue weighted by molar-refractivity contribution is 0.896. The van der Waals surface area contributed by atoms with Crippen LogP contribution in [0.15, 0.2) is 0 Å². The van der Waals surface area contributed by atoms with Gasteiger partial charge in [-0.25, -0.2) is 0 Å². The maximum Gasteiger partial charge on any atom is -0.0112 e. The van der Waals surface area contributed by atoms with E-state index in [9.17, 15) is 0 Å². The van der Waals surface area contributed by atoms with E-state index in [1.807, 2.05) is 0 Å². The molecular weight excluding hydrogens is 91.0 g/mol. The first kappa shape index (κ1) is 6.17. The van der Waals surface area contributed by atoms with Crippen molar-refractivity contribution in [2.45, 2.75) is 19.8 Å². The Morgan fingerprint density at radius 1 is 1.67 bits per heavy atom. The number of rotatable bonds is 3. The molecule has 6 heavy (non-hydrogen) atoms. The molecule has 0 radical (unpaired) electrons. The van der Waals surface area contributed by atoms with Gasteiger partial charge in [0.2, 0.25) is 0 Å². The smallest absolute Gasteiger partial charge is 0.0112 e. The van der Waals surface area contributed by atoms with Crippen LogP contribution in [0.5, 0.6) is 0 Å². The van der Waals surface area contributed by atoms with Crippen LogP contribution >= 0.6 is 8.20 Å². The topological polar surface area (TPSA) is 0 Å². The average Bonchev–Trinajstić information content (AvgIpc) is 1.61. The molecular formula is C5H11P. The molecule has 0 aliphatic rings. The van der Waals surface area contributed by atoms with Crippen LogP contribution < -0.4 is 0 Å². The summed E-state index contributed by atoms with van der Waals surface area (Å²) in [4.78, 5) is 0. The van der Waals surface area contributed by atoms with E-state index < -0.39 is 0 Å². The largest absolute Gasteiger partial charge is 0.112 e. The van der Waals surface area contributed by atoms with Crippen molar-refractivity contribution in [3.05, 3.63) is 0 Å². The minimum atomic E-state index is 1.27. The summed E-state index contributed by atoms with van der Waals surface area (Å²) < 4.78 is 0. The van der Waals surface area contributed by atoms with Gasteiger partial charge in [-0.1, -0.05) is 19.6 Å². The predicted molar refractivity (Wildman–Crippen MR) is 33.8 cm³/mol. The third kappa shape index (κ3) is 4.17. The standard InChI is InChI=1S/C5H11P/c1-3-4-5-6-2/h2-5H2,1H3. The molecule has 0 saturated heterocycles. The second-order valence-electron chi connectivity index (χ2n) is 1.30. The monoisotopic (exact) mass is 102 g/mol. The first-order chi connectivity index (χ1) is 2.91. The van der Waals surface area contributed by atoms with Gasteiger partial charge in [0.15, 0.2) is 0 Å². The minimum Gasteiger partial charge on any atom is -0.112 e. The third-order valence-corrected chi connectivity index (χ3v) is 1.30. The molecule has 0 aliphatic carbocycles. The normalized spacial score (nSPS) is 9.50. The molecule has 0 spiro atoms. The highest BCUT2D eigenvalue weighted by Crippen LogP contribution is 1.95. The van der Waals surface area contributed by atoms with Crippen molar-refractivity contribution < 1.29 is 0 Å². The van der Waals surface area contributed by atoms with Gasteiger partial charge in [0.1, 0.15) is 0 Å². The Kier molecular flexibility index (Phi) is 5.32. The van der Waals surface area contributed by atoms with E-state index in [4.69, 9.17) is 0 Å². The van der Waals surface area contributed by atoms with Crippen molar-refractivity contribution in [2.24, 2.45) is 0 Å². The average molecular weight is 102 g/mol. The van der Waals surface area contributed by atoms with Gasteiger partial charge in [-0.05, 0) is 12.6 Å². The van der Waals surface area contributed by atoms with Crippen molar-refractivity contribution in [3.63, 3.8) is 0 Å². The number of hydrogen-bond donors (Lipinski definition) is 0. The van der Waals surface area contributed by atoms with E-state index in [2.05, 4.69) is 13.2 Å². The molecule has 0 N–H and O–H groups in total. The fraction of sp³-hybridized carbons (Fsp3) is 0.800. The summed E-state index contributed by atoms with van der Waals surface area (Å²) in [6.07, 6.45) is 7.62. The molecule has 36 valence electrons. The van der Waals surface area contributed by atoms with Crippen molar-refractivity contribution >= 4 is 14.5 Å². The van der Waals surface area contributed by atoms with Crippen molar-refractivity contribution in [1.82, 2.24) is 0 Å². The van der Waals surface area contributed by atoms with Gasteiger partial charge in [0.05, 0.1) is 0 Å². The van der Waals surface area contributed by atoms with E-state index in [1.165, 1.54) is 27.2 Å². The molecule has 0 rings (SSSR count). The molecule has 0 fully saturated rings. The van der Waals surface area contributed by atoms with Crippen molar-refractivity contribution in [3.8, 4) is 0 Å². The van der Waals surface area contributed by atoms with Gasteiger partial charge in [-0.15, -0.1) is 8.20 Å². The lowest BCUT2D eigenvalue weighted by atomic mass is 10.4. The Morgan fingerprint density at radius 2 is 2.33 bits per heavy atom. The zero-order valence-electron chi connectivity index (χ0n) is 4.28. The van der Waals surface area contributed by atoms with Crippen LogP contribution in [0.1, 0.15) is 19.8 Å². The Labute approximate surface area is 41.4 Å². The molecule has 0 aromatic carbocycles. The lowest BCUT2D eigenvalue weighted by Gasteiger charge is -1.81. The van der Waals surface area contributed by atoms with Crippen molar-refractivity contribution in [2.75, 3.05) is 6.16 Å². The predicted octanol–water partition coefficient (Wildman–Crippen LogP) is 2.16. The van der Waals surface area contributed by atoms with Gasteiger partial charge in [0.25, 0.3) is 0 Å². The van der Waals surface area contributed by atoms with Gasteiger partial charge in [-0.2, -0.15) is 0 Å². The van der Waals surface area contributed by atoms with Crippen LogP contribution in [0.2, 0.25) is 0 Å². The highest BCUT2D eigenvalue weighted by molar-refractivity contribution is 7.36. The Hall–Kier alpha value is 0.170. The Bertz CT molecular complexity index is 32.9. The molecule has 0 aliphatic heterocycles.